The first-order valence-corrected chi connectivity index (χ1v) is 9.44. The van der Waals surface area contributed by atoms with Gasteiger partial charge < -0.3 is 15.2 Å². The standard InChI is InChI=1S/C22H24FN3O/c1-14(2)13-24-22(27)26-12-11-18-17-5-3-4-6-19(17)25-20(18)21(26)15-7-9-16(23)10-8-15/h3-10,14,21,25H,11-13H2,1-2H3,(H,24,27)/t21-/m1/s1. The van der Waals surface area contributed by atoms with Gasteiger partial charge >= 0.3 is 6.03 Å². The van der Waals surface area contributed by atoms with Gasteiger partial charge in [-0.3, -0.25) is 0 Å². The minimum Gasteiger partial charge on any atom is -0.356 e. The molecule has 0 unspecified atom stereocenters. The lowest BCUT2D eigenvalue weighted by Crippen LogP contribution is -2.46. The number of fused-ring (bicyclic) bond motifs is 3. The van der Waals surface area contributed by atoms with E-state index >= 15 is 0 Å². The third kappa shape index (κ3) is 3.29. The number of amides is 2. The van der Waals surface area contributed by atoms with Crippen LogP contribution in [0.15, 0.2) is 48.5 Å². The van der Waals surface area contributed by atoms with Crippen LogP contribution in [0.25, 0.3) is 10.9 Å². The highest BCUT2D eigenvalue weighted by molar-refractivity contribution is 5.86. The molecule has 5 heteroatoms. The van der Waals surface area contributed by atoms with Gasteiger partial charge in [0, 0.05) is 29.7 Å². The lowest BCUT2D eigenvalue weighted by molar-refractivity contribution is 0.178. The summed E-state index contributed by atoms with van der Waals surface area (Å²) < 4.78 is 13.5. The second-order valence-corrected chi connectivity index (χ2v) is 7.54. The number of urea groups is 1. The van der Waals surface area contributed by atoms with Gasteiger partial charge in [-0.2, -0.15) is 0 Å². The van der Waals surface area contributed by atoms with E-state index in [1.807, 2.05) is 17.0 Å². The molecule has 27 heavy (non-hydrogen) atoms. The number of halogens is 1. The molecule has 140 valence electrons. The average molecular weight is 365 g/mol. The number of nitrogens with zero attached hydrogens (tertiary/aromatic N) is 1. The second-order valence-electron chi connectivity index (χ2n) is 7.54. The van der Waals surface area contributed by atoms with Crippen molar-refractivity contribution in [3.8, 4) is 0 Å². The summed E-state index contributed by atoms with van der Waals surface area (Å²) in [6.07, 6.45) is 0.798. The topological polar surface area (TPSA) is 48.1 Å². The Balaban J connectivity index is 1.78. The Morgan fingerprint density at radius 1 is 1.22 bits per heavy atom. The maximum atomic E-state index is 13.5. The smallest absolute Gasteiger partial charge is 0.318 e. The van der Waals surface area contributed by atoms with Crippen molar-refractivity contribution in [3.05, 3.63) is 71.2 Å². The molecule has 0 bridgehead atoms. The fourth-order valence-corrected chi connectivity index (χ4v) is 3.84. The van der Waals surface area contributed by atoms with Gasteiger partial charge in [0.15, 0.2) is 0 Å². The molecule has 0 fully saturated rings. The Morgan fingerprint density at radius 3 is 2.70 bits per heavy atom. The molecule has 2 amide bonds. The normalized spacial score (nSPS) is 16.6. The number of para-hydroxylation sites is 1. The lowest BCUT2D eigenvalue weighted by atomic mass is 9.92. The molecule has 0 aliphatic carbocycles. The van der Waals surface area contributed by atoms with Gasteiger partial charge in [-0.15, -0.1) is 0 Å². The van der Waals surface area contributed by atoms with E-state index < -0.39 is 0 Å². The minimum absolute atomic E-state index is 0.0812. The van der Waals surface area contributed by atoms with E-state index in [-0.39, 0.29) is 17.9 Å². The SMILES string of the molecule is CC(C)CNC(=O)N1CCc2c([nH]c3ccccc23)[C@H]1c1ccc(F)cc1. The van der Waals surface area contributed by atoms with Crippen molar-refractivity contribution in [2.45, 2.75) is 26.3 Å². The third-order valence-electron chi connectivity index (χ3n) is 5.14. The van der Waals surface area contributed by atoms with Crippen molar-refractivity contribution in [3.63, 3.8) is 0 Å². The van der Waals surface area contributed by atoms with Crippen molar-refractivity contribution in [2.24, 2.45) is 5.92 Å². The average Bonchev–Trinajstić information content (AvgIpc) is 3.05. The van der Waals surface area contributed by atoms with Crippen LogP contribution in [0.3, 0.4) is 0 Å². The summed E-state index contributed by atoms with van der Waals surface area (Å²) in [4.78, 5) is 18.3. The summed E-state index contributed by atoms with van der Waals surface area (Å²) in [7, 11) is 0. The number of hydrogen-bond acceptors (Lipinski definition) is 1. The molecule has 1 aliphatic heterocycles. The maximum absolute atomic E-state index is 13.5. The summed E-state index contributed by atoms with van der Waals surface area (Å²) in [6.45, 7) is 5.40. The monoisotopic (exact) mass is 365 g/mol. The van der Waals surface area contributed by atoms with Crippen molar-refractivity contribution in [1.29, 1.82) is 0 Å². The Morgan fingerprint density at radius 2 is 1.96 bits per heavy atom. The van der Waals surface area contributed by atoms with Gasteiger partial charge in [-0.1, -0.05) is 44.2 Å². The highest BCUT2D eigenvalue weighted by atomic mass is 19.1. The number of carbonyl (C=O) groups is 1. The van der Waals surface area contributed by atoms with Crippen molar-refractivity contribution >= 4 is 16.9 Å². The Hall–Kier alpha value is -2.82. The van der Waals surface area contributed by atoms with Crippen molar-refractivity contribution in [2.75, 3.05) is 13.1 Å². The van der Waals surface area contributed by atoms with Crippen LogP contribution in [0.2, 0.25) is 0 Å². The summed E-state index contributed by atoms with van der Waals surface area (Å²) in [5.41, 5.74) is 4.24. The third-order valence-corrected chi connectivity index (χ3v) is 5.14. The zero-order chi connectivity index (χ0) is 19.0. The van der Waals surface area contributed by atoms with Crippen molar-refractivity contribution < 1.29 is 9.18 Å². The van der Waals surface area contributed by atoms with E-state index in [9.17, 15) is 9.18 Å². The van der Waals surface area contributed by atoms with E-state index in [0.717, 1.165) is 23.2 Å². The molecule has 3 aromatic rings. The zero-order valence-electron chi connectivity index (χ0n) is 15.6. The van der Waals surface area contributed by atoms with Gasteiger partial charge in [0.25, 0.3) is 0 Å². The molecular formula is C22H24FN3O. The zero-order valence-corrected chi connectivity index (χ0v) is 15.6. The molecule has 0 radical (unpaired) electrons. The first kappa shape index (κ1) is 17.6. The minimum atomic E-state index is -0.276. The Labute approximate surface area is 158 Å². The van der Waals surface area contributed by atoms with Gasteiger partial charge in [-0.05, 0) is 41.7 Å². The second kappa shape index (κ2) is 7.06. The molecule has 2 heterocycles. The molecule has 1 atom stereocenters. The van der Waals surface area contributed by atoms with Crippen LogP contribution in [0, 0.1) is 11.7 Å². The number of rotatable bonds is 3. The van der Waals surface area contributed by atoms with Crippen molar-refractivity contribution in [1.82, 2.24) is 15.2 Å². The molecule has 4 nitrogen and oxygen atoms in total. The maximum Gasteiger partial charge on any atom is 0.318 e. The summed E-state index contributed by atoms with van der Waals surface area (Å²) in [6, 6.07) is 14.3. The number of H-pyrrole nitrogens is 1. The van der Waals surface area contributed by atoms with E-state index in [4.69, 9.17) is 0 Å². The Kier molecular flexibility index (Phi) is 4.60. The van der Waals surface area contributed by atoms with E-state index in [1.54, 1.807) is 12.1 Å². The van der Waals surface area contributed by atoms with Crippen LogP contribution in [-0.4, -0.2) is 29.0 Å². The quantitative estimate of drug-likeness (QED) is 0.699. The fourth-order valence-electron chi connectivity index (χ4n) is 3.84. The van der Waals surface area contributed by atoms with Crippen LogP contribution < -0.4 is 5.32 Å². The van der Waals surface area contributed by atoms with Crippen LogP contribution >= 0.6 is 0 Å². The predicted octanol–water partition coefficient (Wildman–Crippen LogP) is 4.62. The lowest BCUT2D eigenvalue weighted by Gasteiger charge is -2.36. The largest absolute Gasteiger partial charge is 0.356 e. The van der Waals surface area contributed by atoms with Gasteiger partial charge in [0.1, 0.15) is 5.82 Å². The first-order valence-electron chi connectivity index (χ1n) is 9.44. The van der Waals surface area contributed by atoms with Crippen LogP contribution in [0.1, 0.15) is 36.7 Å². The van der Waals surface area contributed by atoms with Crippen LogP contribution in [0.4, 0.5) is 9.18 Å². The first-order chi connectivity index (χ1) is 13.0. The van der Waals surface area contributed by atoms with Crippen LogP contribution in [-0.2, 0) is 6.42 Å². The molecule has 0 saturated heterocycles. The fraction of sp³-hybridized carbons (Fsp3) is 0.318. The van der Waals surface area contributed by atoms with E-state index in [1.165, 1.54) is 23.1 Å². The number of aromatic amines is 1. The molecular weight excluding hydrogens is 341 g/mol. The van der Waals surface area contributed by atoms with E-state index in [2.05, 4.69) is 36.3 Å². The van der Waals surface area contributed by atoms with E-state index in [0.29, 0.717) is 19.0 Å². The van der Waals surface area contributed by atoms with Gasteiger partial charge in [0.05, 0.1) is 6.04 Å². The summed E-state index contributed by atoms with van der Waals surface area (Å²) in [5, 5.41) is 4.22. The molecule has 1 aromatic heterocycles. The number of hydrogen-bond donors (Lipinski definition) is 2. The molecule has 2 aromatic carbocycles. The molecule has 0 spiro atoms. The van der Waals surface area contributed by atoms with Crippen LogP contribution in [0.5, 0.6) is 0 Å². The molecule has 0 saturated carbocycles. The Bertz CT molecular complexity index is 961. The molecule has 2 N–H and O–H groups in total. The number of benzene rings is 2. The van der Waals surface area contributed by atoms with Gasteiger partial charge in [0.2, 0.25) is 0 Å². The van der Waals surface area contributed by atoms with Gasteiger partial charge in [-0.25, -0.2) is 9.18 Å². The number of nitrogens with one attached hydrogen (secondary N) is 2. The number of aromatic nitrogens is 1. The molecule has 1 aliphatic rings. The summed E-state index contributed by atoms with van der Waals surface area (Å²) in [5.74, 6) is 0.105. The number of carbonyl (C=O) groups excluding carboxylic acids is 1. The highest BCUT2D eigenvalue weighted by Gasteiger charge is 2.34. The highest BCUT2D eigenvalue weighted by Crippen LogP contribution is 2.38. The molecule has 4 rings (SSSR count). The summed E-state index contributed by atoms with van der Waals surface area (Å²) >= 11 is 0. The predicted molar refractivity (Wildman–Crippen MR) is 105 cm³/mol.